The number of hydrogen-bond acceptors (Lipinski definition) is 4. The van der Waals surface area contributed by atoms with Gasteiger partial charge in [-0.05, 0) is 29.8 Å². The number of carbonyl (C=O) groups is 2. The van der Waals surface area contributed by atoms with Gasteiger partial charge in [0.05, 0.1) is 23.2 Å². The molecule has 7 heteroatoms. The number of hydrogen-bond donors (Lipinski definition) is 0. The summed E-state index contributed by atoms with van der Waals surface area (Å²) in [5.74, 6) is -1.04. The van der Waals surface area contributed by atoms with Crippen LogP contribution >= 0.6 is 11.6 Å². The van der Waals surface area contributed by atoms with Crippen molar-refractivity contribution in [1.82, 2.24) is 4.90 Å². The standard InChI is InChI=1S/C28H19ClN2O4/c1-2-14-31-26(33)25-23(24(32)19-15-18(29)12-13-22(19)35-25)28(31)20-10-6-7-11-21(20)30(27(28)34)16-17-8-4-3-5-9-17/h2-13,15H,1,14,16H2/t28-/m0/s1. The van der Waals surface area contributed by atoms with E-state index in [1.54, 1.807) is 35.2 Å². The maximum absolute atomic E-state index is 14.4. The Morgan fingerprint density at radius 2 is 1.71 bits per heavy atom. The van der Waals surface area contributed by atoms with Crippen molar-refractivity contribution in [2.75, 3.05) is 11.4 Å². The van der Waals surface area contributed by atoms with E-state index in [0.29, 0.717) is 16.3 Å². The van der Waals surface area contributed by atoms with E-state index >= 15 is 0 Å². The maximum Gasteiger partial charge on any atom is 0.291 e. The van der Waals surface area contributed by atoms with Crippen LogP contribution in [-0.2, 0) is 16.9 Å². The van der Waals surface area contributed by atoms with E-state index in [4.69, 9.17) is 16.0 Å². The van der Waals surface area contributed by atoms with Crippen LogP contribution in [0.15, 0.2) is 94.7 Å². The summed E-state index contributed by atoms with van der Waals surface area (Å²) in [5, 5.41) is 0.575. The normalized spacial score (nSPS) is 18.4. The molecule has 0 radical (unpaired) electrons. The number of benzene rings is 3. The largest absolute Gasteiger partial charge is 0.450 e. The molecule has 0 saturated heterocycles. The first-order valence-corrected chi connectivity index (χ1v) is 11.5. The minimum atomic E-state index is -1.66. The molecule has 2 aliphatic heterocycles. The van der Waals surface area contributed by atoms with Gasteiger partial charge in [-0.15, -0.1) is 6.58 Å². The average molecular weight is 483 g/mol. The second-order valence-corrected chi connectivity index (χ2v) is 9.02. The lowest BCUT2D eigenvalue weighted by molar-refractivity contribution is -0.126. The third kappa shape index (κ3) is 2.80. The van der Waals surface area contributed by atoms with E-state index in [2.05, 4.69) is 6.58 Å². The molecule has 0 aliphatic carbocycles. The van der Waals surface area contributed by atoms with Crippen LogP contribution in [0.25, 0.3) is 11.0 Å². The van der Waals surface area contributed by atoms with Crippen LogP contribution in [0, 0.1) is 0 Å². The van der Waals surface area contributed by atoms with Crippen molar-refractivity contribution in [3.8, 4) is 0 Å². The highest BCUT2D eigenvalue weighted by atomic mass is 35.5. The summed E-state index contributed by atoms with van der Waals surface area (Å²) in [6.07, 6.45) is 1.54. The van der Waals surface area contributed by atoms with E-state index in [-0.39, 0.29) is 41.3 Å². The fraction of sp³-hybridized carbons (Fsp3) is 0.107. The van der Waals surface area contributed by atoms with Gasteiger partial charge in [0, 0.05) is 17.1 Å². The lowest BCUT2D eigenvalue weighted by Crippen LogP contribution is -2.53. The molecule has 172 valence electrons. The van der Waals surface area contributed by atoms with Crippen LogP contribution < -0.4 is 10.3 Å². The number of nitrogens with zero attached hydrogens (tertiary/aromatic N) is 2. The number of anilines is 1. The van der Waals surface area contributed by atoms with Crippen LogP contribution in [0.2, 0.25) is 5.02 Å². The summed E-state index contributed by atoms with van der Waals surface area (Å²) in [4.78, 5) is 45.1. The monoisotopic (exact) mass is 482 g/mol. The molecule has 1 aromatic heterocycles. The molecule has 0 saturated carbocycles. The number of fused-ring (bicyclic) bond motifs is 5. The summed E-state index contributed by atoms with van der Waals surface area (Å²) in [6, 6.07) is 21.5. The zero-order chi connectivity index (χ0) is 24.3. The molecule has 2 amide bonds. The third-order valence-electron chi connectivity index (χ3n) is 6.69. The van der Waals surface area contributed by atoms with Gasteiger partial charge >= 0.3 is 0 Å². The smallest absolute Gasteiger partial charge is 0.291 e. The van der Waals surface area contributed by atoms with Gasteiger partial charge < -0.3 is 14.2 Å². The maximum atomic E-state index is 14.4. The highest BCUT2D eigenvalue weighted by Gasteiger charge is 2.64. The molecule has 3 aromatic carbocycles. The Kier molecular flexibility index (Phi) is 4.69. The first-order valence-electron chi connectivity index (χ1n) is 11.1. The number of carbonyl (C=O) groups excluding carboxylic acids is 2. The zero-order valence-corrected chi connectivity index (χ0v) is 19.3. The fourth-order valence-corrected chi connectivity index (χ4v) is 5.44. The summed E-state index contributed by atoms with van der Waals surface area (Å²) in [6.45, 7) is 4.13. The molecule has 6 rings (SSSR count). The van der Waals surface area contributed by atoms with Gasteiger partial charge in [-0.25, -0.2) is 0 Å². The molecule has 3 heterocycles. The average Bonchev–Trinajstić information content (AvgIpc) is 3.26. The van der Waals surface area contributed by atoms with Crippen molar-refractivity contribution in [2.24, 2.45) is 0 Å². The van der Waals surface area contributed by atoms with Gasteiger partial charge in [-0.2, -0.15) is 0 Å². The van der Waals surface area contributed by atoms with Crippen molar-refractivity contribution in [2.45, 2.75) is 12.1 Å². The molecule has 1 spiro atoms. The predicted molar refractivity (Wildman–Crippen MR) is 134 cm³/mol. The van der Waals surface area contributed by atoms with Crippen molar-refractivity contribution < 1.29 is 14.0 Å². The van der Waals surface area contributed by atoms with Gasteiger partial charge in [0.1, 0.15) is 5.58 Å². The van der Waals surface area contributed by atoms with Gasteiger partial charge in [0.2, 0.25) is 5.76 Å². The van der Waals surface area contributed by atoms with Crippen molar-refractivity contribution >= 4 is 40.1 Å². The molecule has 0 fully saturated rings. The third-order valence-corrected chi connectivity index (χ3v) is 6.93. The molecular formula is C28H19ClN2O4. The van der Waals surface area contributed by atoms with Crippen molar-refractivity contribution in [3.63, 3.8) is 0 Å². The SMILES string of the molecule is C=CCN1C(=O)c2oc3ccc(Cl)cc3c(=O)c2[C@@]12C(=O)N(Cc1ccccc1)c1ccccc12. The zero-order valence-electron chi connectivity index (χ0n) is 18.5. The molecule has 0 bridgehead atoms. The highest BCUT2D eigenvalue weighted by molar-refractivity contribution is 6.31. The minimum Gasteiger partial charge on any atom is -0.450 e. The summed E-state index contributed by atoms with van der Waals surface area (Å²) in [7, 11) is 0. The van der Waals surface area contributed by atoms with E-state index in [1.807, 2.05) is 42.5 Å². The van der Waals surface area contributed by atoms with E-state index in [9.17, 15) is 14.4 Å². The second kappa shape index (κ2) is 7.68. The molecule has 0 N–H and O–H groups in total. The van der Waals surface area contributed by atoms with Crippen molar-refractivity contribution in [3.05, 3.63) is 123 Å². The van der Waals surface area contributed by atoms with Crippen molar-refractivity contribution in [1.29, 1.82) is 0 Å². The lowest BCUT2D eigenvalue weighted by atomic mass is 9.84. The molecule has 1 atom stereocenters. The quantitative estimate of drug-likeness (QED) is 0.389. The van der Waals surface area contributed by atoms with Gasteiger partial charge in [-0.1, -0.05) is 66.2 Å². The van der Waals surface area contributed by atoms with E-state index in [0.717, 1.165) is 5.56 Å². The van der Waals surface area contributed by atoms with E-state index < -0.39 is 16.9 Å². The second-order valence-electron chi connectivity index (χ2n) is 8.58. The summed E-state index contributed by atoms with van der Waals surface area (Å²) in [5.41, 5.74) is 0.265. The Bertz CT molecular complexity index is 1610. The Balaban J connectivity index is 1.68. The van der Waals surface area contributed by atoms with E-state index in [1.165, 1.54) is 11.0 Å². The molecule has 35 heavy (non-hydrogen) atoms. The minimum absolute atomic E-state index is 0.0205. The molecular weight excluding hydrogens is 464 g/mol. The fourth-order valence-electron chi connectivity index (χ4n) is 5.27. The molecule has 0 unspecified atom stereocenters. The van der Waals surface area contributed by atoms with Crippen LogP contribution in [0.4, 0.5) is 5.69 Å². The summed E-state index contributed by atoms with van der Waals surface area (Å²) >= 11 is 6.18. The first-order chi connectivity index (χ1) is 17.0. The lowest BCUT2D eigenvalue weighted by Gasteiger charge is -2.33. The summed E-state index contributed by atoms with van der Waals surface area (Å²) < 4.78 is 5.98. The Morgan fingerprint density at radius 3 is 2.49 bits per heavy atom. The Morgan fingerprint density at radius 1 is 0.971 bits per heavy atom. The van der Waals surface area contributed by atoms with Crippen LogP contribution in [-0.4, -0.2) is 23.3 Å². The molecule has 2 aliphatic rings. The first kappa shape index (κ1) is 21.4. The highest BCUT2D eigenvalue weighted by Crippen LogP contribution is 2.52. The topological polar surface area (TPSA) is 70.8 Å². The van der Waals surface area contributed by atoms with Crippen LogP contribution in [0.1, 0.15) is 27.2 Å². The molecule has 6 nitrogen and oxygen atoms in total. The number of halogens is 1. The number of rotatable bonds is 4. The van der Waals surface area contributed by atoms with Crippen LogP contribution in [0.5, 0.6) is 0 Å². The van der Waals surface area contributed by atoms with Gasteiger partial charge in [-0.3, -0.25) is 14.4 Å². The van der Waals surface area contributed by atoms with Gasteiger partial charge in [0.25, 0.3) is 11.8 Å². The molecule has 4 aromatic rings. The van der Waals surface area contributed by atoms with Gasteiger partial charge in [0.15, 0.2) is 11.0 Å². The number of amides is 2. The Labute approximate surface area is 205 Å². The Hall–Kier alpha value is -4.16. The van der Waals surface area contributed by atoms with Crippen LogP contribution in [0.3, 0.4) is 0 Å². The predicted octanol–water partition coefficient (Wildman–Crippen LogP) is 4.88. The number of para-hydroxylation sites is 1.